The number of hydrogen-bond acceptors (Lipinski definition) is 4. The van der Waals surface area contributed by atoms with Gasteiger partial charge in [-0.3, -0.25) is 4.98 Å². The summed E-state index contributed by atoms with van der Waals surface area (Å²) in [6, 6.07) is 8.74. The Balaban J connectivity index is 1.67. The summed E-state index contributed by atoms with van der Waals surface area (Å²) in [5.41, 5.74) is 2.13. The van der Waals surface area contributed by atoms with Gasteiger partial charge in [-0.25, -0.2) is 4.98 Å². The molecule has 4 heteroatoms. The molecule has 2 aromatic rings. The minimum atomic E-state index is 0.413. The monoisotopic (exact) mass is 283 g/mol. The van der Waals surface area contributed by atoms with Gasteiger partial charge in [0.2, 0.25) is 5.88 Å². The number of para-hydroxylation sites is 1. The molecule has 1 fully saturated rings. The van der Waals surface area contributed by atoms with Gasteiger partial charge in [-0.1, -0.05) is 32.0 Å². The highest BCUT2D eigenvalue weighted by Crippen LogP contribution is 2.29. The molecule has 0 amide bonds. The Labute approximate surface area is 125 Å². The fourth-order valence-corrected chi connectivity index (χ4v) is 2.19. The average molecular weight is 283 g/mol. The number of ether oxygens (including phenoxy) is 1. The molecule has 4 nitrogen and oxygen atoms in total. The Hall–Kier alpha value is -1.94. The topological polar surface area (TPSA) is 47.0 Å². The highest BCUT2D eigenvalue weighted by atomic mass is 16.5. The van der Waals surface area contributed by atoms with E-state index < -0.39 is 0 Å². The third kappa shape index (κ3) is 3.79. The summed E-state index contributed by atoms with van der Waals surface area (Å²) < 4.78 is 5.87. The van der Waals surface area contributed by atoms with E-state index in [1.807, 2.05) is 18.2 Å². The van der Waals surface area contributed by atoms with Crippen LogP contribution >= 0.6 is 0 Å². The summed E-state index contributed by atoms with van der Waals surface area (Å²) in [6.07, 6.45) is 6.03. The maximum atomic E-state index is 5.87. The Bertz CT molecular complexity index is 591. The van der Waals surface area contributed by atoms with E-state index in [2.05, 4.69) is 35.2 Å². The second-order valence-corrected chi connectivity index (χ2v) is 5.80. The first-order valence-corrected chi connectivity index (χ1v) is 7.53. The van der Waals surface area contributed by atoms with E-state index in [-0.39, 0.29) is 0 Å². The highest BCUT2D eigenvalue weighted by molar-refractivity contribution is 5.37. The van der Waals surface area contributed by atoms with Gasteiger partial charge in [0, 0.05) is 12.6 Å². The first kappa shape index (κ1) is 14.0. The van der Waals surface area contributed by atoms with Crippen LogP contribution in [0.4, 0.5) is 0 Å². The second kappa shape index (κ2) is 6.22. The number of benzene rings is 1. The van der Waals surface area contributed by atoms with Gasteiger partial charge in [0.15, 0.2) is 0 Å². The van der Waals surface area contributed by atoms with E-state index in [9.17, 15) is 0 Å². The van der Waals surface area contributed by atoms with Crippen LogP contribution in [0.3, 0.4) is 0 Å². The summed E-state index contributed by atoms with van der Waals surface area (Å²) in [7, 11) is 0. The van der Waals surface area contributed by atoms with Crippen LogP contribution in [0, 0.1) is 0 Å². The summed E-state index contributed by atoms with van der Waals surface area (Å²) in [6.45, 7) is 5.08. The average Bonchev–Trinajstić information content (AvgIpc) is 3.31. The standard InChI is InChI=1S/C17H21N3O/c1-12(2)15-5-3-4-6-16(15)21-17-11-19-14(10-20-17)9-18-13-7-8-13/h3-6,10-13,18H,7-9H2,1-2H3. The lowest BCUT2D eigenvalue weighted by Gasteiger charge is -2.12. The van der Waals surface area contributed by atoms with Gasteiger partial charge in [0.1, 0.15) is 5.75 Å². The molecule has 0 atom stereocenters. The SMILES string of the molecule is CC(C)c1ccccc1Oc1cnc(CNC2CC2)cn1. The van der Waals surface area contributed by atoms with Gasteiger partial charge in [0.05, 0.1) is 18.1 Å². The molecule has 1 aliphatic rings. The molecule has 0 aliphatic heterocycles. The fraction of sp³-hybridized carbons (Fsp3) is 0.412. The molecule has 1 heterocycles. The minimum Gasteiger partial charge on any atom is -0.437 e. The van der Waals surface area contributed by atoms with Crippen molar-refractivity contribution >= 4 is 0 Å². The molecular weight excluding hydrogens is 262 g/mol. The molecule has 110 valence electrons. The van der Waals surface area contributed by atoms with E-state index in [4.69, 9.17) is 4.74 Å². The van der Waals surface area contributed by atoms with Crippen LogP contribution in [-0.2, 0) is 6.54 Å². The quantitative estimate of drug-likeness (QED) is 0.879. The van der Waals surface area contributed by atoms with Crippen molar-refractivity contribution in [2.45, 2.75) is 45.2 Å². The smallest absolute Gasteiger partial charge is 0.237 e. The summed E-state index contributed by atoms with van der Waals surface area (Å²) in [4.78, 5) is 8.75. The molecule has 1 aromatic heterocycles. The molecule has 1 N–H and O–H groups in total. The van der Waals surface area contributed by atoms with Crippen molar-refractivity contribution in [1.29, 1.82) is 0 Å². The Morgan fingerprint density at radius 2 is 2.00 bits per heavy atom. The van der Waals surface area contributed by atoms with E-state index in [0.29, 0.717) is 17.8 Å². The van der Waals surface area contributed by atoms with Gasteiger partial charge in [-0.05, 0) is 30.4 Å². The molecule has 21 heavy (non-hydrogen) atoms. The summed E-state index contributed by atoms with van der Waals surface area (Å²) >= 11 is 0. The first-order chi connectivity index (χ1) is 10.2. The van der Waals surface area contributed by atoms with Crippen molar-refractivity contribution in [3.8, 4) is 11.6 Å². The zero-order valence-electron chi connectivity index (χ0n) is 12.5. The van der Waals surface area contributed by atoms with Crippen LogP contribution in [0.5, 0.6) is 11.6 Å². The zero-order chi connectivity index (χ0) is 14.7. The molecule has 0 radical (unpaired) electrons. The molecule has 3 rings (SSSR count). The van der Waals surface area contributed by atoms with Crippen LogP contribution in [0.15, 0.2) is 36.7 Å². The minimum absolute atomic E-state index is 0.413. The molecule has 1 aliphatic carbocycles. The molecule has 1 saturated carbocycles. The number of nitrogens with zero attached hydrogens (tertiary/aromatic N) is 2. The Morgan fingerprint density at radius 1 is 1.19 bits per heavy atom. The third-order valence-electron chi connectivity index (χ3n) is 3.59. The van der Waals surface area contributed by atoms with Gasteiger partial charge in [-0.2, -0.15) is 0 Å². The van der Waals surface area contributed by atoms with E-state index in [1.165, 1.54) is 18.4 Å². The number of nitrogens with one attached hydrogen (secondary N) is 1. The van der Waals surface area contributed by atoms with Crippen molar-refractivity contribution in [3.63, 3.8) is 0 Å². The third-order valence-corrected chi connectivity index (χ3v) is 3.59. The maximum absolute atomic E-state index is 5.87. The zero-order valence-corrected chi connectivity index (χ0v) is 12.5. The van der Waals surface area contributed by atoms with Crippen molar-refractivity contribution in [2.75, 3.05) is 0 Å². The fourth-order valence-electron chi connectivity index (χ4n) is 2.19. The lowest BCUT2D eigenvalue weighted by atomic mass is 10.0. The van der Waals surface area contributed by atoms with Crippen LogP contribution in [-0.4, -0.2) is 16.0 Å². The summed E-state index contributed by atoms with van der Waals surface area (Å²) in [5.74, 6) is 1.81. The maximum Gasteiger partial charge on any atom is 0.237 e. The number of aromatic nitrogens is 2. The van der Waals surface area contributed by atoms with Crippen molar-refractivity contribution in [1.82, 2.24) is 15.3 Å². The normalized spacial score (nSPS) is 14.4. The van der Waals surface area contributed by atoms with E-state index >= 15 is 0 Å². The highest BCUT2D eigenvalue weighted by Gasteiger charge is 2.20. The molecule has 0 spiro atoms. The van der Waals surface area contributed by atoms with Crippen molar-refractivity contribution in [3.05, 3.63) is 47.9 Å². The second-order valence-electron chi connectivity index (χ2n) is 5.80. The van der Waals surface area contributed by atoms with Crippen molar-refractivity contribution in [2.24, 2.45) is 0 Å². The lowest BCUT2D eigenvalue weighted by molar-refractivity contribution is 0.450. The molecule has 1 aromatic carbocycles. The van der Waals surface area contributed by atoms with E-state index in [1.54, 1.807) is 12.4 Å². The lowest BCUT2D eigenvalue weighted by Crippen LogP contribution is -2.16. The molecule has 0 unspecified atom stereocenters. The van der Waals surface area contributed by atoms with Crippen LogP contribution in [0.2, 0.25) is 0 Å². The Morgan fingerprint density at radius 3 is 2.67 bits per heavy atom. The number of hydrogen-bond donors (Lipinski definition) is 1. The molecule has 0 saturated heterocycles. The Kier molecular flexibility index (Phi) is 4.15. The summed E-state index contributed by atoms with van der Waals surface area (Å²) in [5, 5.41) is 3.42. The molecule has 0 bridgehead atoms. The van der Waals surface area contributed by atoms with Gasteiger partial charge in [0.25, 0.3) is 0 Å². The van der Waals surface area contributed by atoms with Gasteiger partial charge < -0.3 is 10.1 Å². The predicted octanol–water partition coefficient (Wildman–Crippen LogP) is 3.64. The van der Waals surface area contributed by atoms with Crippen LogP contribution in [0.1, 0.15) is 43.9 Å². The first-order valence-electron chi connectivity index (χ1n) is 7.53. The predicted molar refractivity (Wildman–Crippen MR) is 82.5 cm³/mol. The van der Waals surface area contributed by atoms with Gasteiger partial charge >= 0.3 is 0 Å². The van der Waals surface area contributed by atoms with Crippen LogP contribution in [0.25, 0.3) is 0 Å². The largest absolute Gasteiger partial charge is 0.437 e. The van der Waals surface area contributed by atoms with Crippen molar-refractivity contribution < 1.29 is 4.74 Å². The van der Waals surface area contributed by atoms with Gasteiger partial charge in [-0.15, -0.1) is 0 Å². The van der Waals surface area contributed by atoms with Crippen LogP contribution < -0.4 is 10.1 Å². The molecular formula is C17H21N3O. The van der Waals surface area contributed by atoms with E-state index in [0.717, 1.165) is 18.0 Å². The number of rotatable bonds is 6.